The molecule has 0 atom stereocenters. The molecule has 7 nitrogen and oxygen atoms in total. The first kappa shape index (κ1) is 13.9. The van der Waals surface area contributed by atoms with E-state index >= 15 is 0 Å². The summed E-state index contributed by atoms with van der Waals surface area (Å²) in [5, 5.41) is 9.46. The Bertz CT molecular complexity index is 905. The molecule has 0 aliphatic carbocycles. The number of hydrogen-bond donors (Lipinski definition) is 1. The molecule has 0 spiro atoms. The van der Waals surface area contributed by atoms with Crippen LogP contribution in [-0.2, 0) is 0 Å². The van der Waals surface area contributed by atoms with Crippen LogP contribution in [0.25, 0.3) is 5.65 Å². The molecule has 0 bridgehead atoms. The third-order valence-corrected chi connectivity index (χ3v) is 3.11. The van der Waals surface area contributed by atoms with E-state index < -0.39 is 0 Å². The Balaban J connectivity index is 2.01. The number of rotatable bonds is 3. The number of pyridine rings is 2. The van der Waals surface area contributed by atoms with E-state index in [0.29, 0.717) is 22.7 Å². The van der Waals surface area contributed by atoms with Crippen molar-refractivity contribution in [1.29, 1.82) is 0 Å². The molecule has 0 aromatic carbocycles. The highest BCUT2D eigenvalue weighted by atomic mass is 16.5. The molecule has 0 amide bonds. The highest BCUT2D eigenvalue weighted by Crippen LogP contribution is 2.29. The second-order valence-corrected chi connectivity index (χ2v) is 4.64. The molecule has 3 aromatic heterocycles. The second kappa shape index (κ2) is 5.36. The van der Waals surface area contributed by atoms with Crippen molar-refractivity contribution in [3.05, 3.63) is 52.7 Å². The van der Waals surface area contributed by atoms with E-state index in [1.165, 1.54) is 30.0 Å². The summed E-state index contributed by atoms with van der Waals surface area (Å²) < 4.78 is 12.0. The molecule has 3 heterocycles. The van der Waals surface area contributed by atoms with Gasteiger partial charge in [0.15, 0.2) is 5.75 Å². The van der Waals surface area contributed by atoms with Gasteiger partial charge in [-0.15, -0.1) is 0 Å². The summed E-state index contributed by atoms with van der Waals surface area (Å²) in [5.41, 5.74) is 0.920. The smallest absolute Gasteiger partial charge is 0.260 e. The van der Waals surface area contributed by atoms with E-state index in [1.807, 2.05) is 0 Å². The summed E-state index contributed by atoms with van der Waals surface area (Å²) in [6.07, 6.45) is 4.45. The van der Waals surface area contributed by atoms with Crippen LogP contribution in [0.3, 0.4) is 0 Å². The van der Waals surface area contributed by atoms with Gasteiger partial charge in [0.1, 0.15) is 17.1 Å². The van der Waals surface area contributed by atoms with Crippen LogP contribution >= 0.6 is 0 Å². The van der Waals surface area contributed by atoms with Crippen LogP contribution in [0, 0.1) is 6.92 Å². The van der Waals surface area contributed by atoms with Gasteiger partial charge in [0.05, 0.1) is 19.5 Å². The van der Waals surface area contributed by atoms with E-state index in [-0.39, 0.29) is 17.2 Å². The van der Waals surface area contributed by atoms with Crippen LogP contribution in [0.5, 0.6) is 23.1 Å². The maximum absolute atomic E-state index is 12.1. The summed E-state index contributed by atoms with van der Waals surface area (Å²) in [5.74, 6) is 0.802. The molecule has 22 heavy (non-hydrogen) atoms. The SMILES string of the molecule is COc1cc(Oc2ccc3ncc(C)c(=O)n3c2)cnc1O. The third-order valence-electron chi connectivity index (χ3n) is 3.11. The number of ether oxygens (including phenoxy) is 2. The normalized spacial score (nSPS) is 10.6. The number of methoxy groups -OCH3 is 1. The van der Waals surface area contributed by atoms with Gasteiger partial charge in [-0.3, -0.25) is 9.20 Å². The Hall–Kier alpha value is -3.09. The highest BCUT2D eigenvalue weighted by molar-refractivity contribution is 5.44. The third kappa shape index (κ3) is 2.44. The fourth-order valence-electron chi connectivity index (χ4n) is 1.97. The van der Waals surface area contributed by atoms with Crippen LogP contribution in [0.1, 0.15) is 5.56 Å². The van der Waals surface area contributed by atoms with Crippen molar-refractivity contribution in [3.8, 4) is 23.1 Å². The largest absolute Gasteiger partial charge is 0.491 e. The molecule has 0 saturated carbocycles. The van der Waals surface area contributed by atoms with Crippen molar-refractivity contribution in [2.24, 2.45) is 0 Å². The van der Waals surface area contributed by atoms with Gasteiger partial charge in [-0.2, -0.15) is 0 Å². The van der Waals surface area contributed by atoms with Crippen LogP contribution in [-0.4, -0.2) is 26.6 Å². The average Bonchev–Trinajstić information content (AvgIpc) is 2.53. The molecule has 112 valence electrons. The zero-order chi connectivity index (χ0) is 15.7. The monoisotopic (exact) mass is 299 g/mol. The number of aromatic nitrogens is 3. The molecule has 0 aliphatic rings. The molecule has 1 N–H and O–H groups in total. The van der Waals surface area contributed by atoms with Gasteiger partial charge in [0.2, 0.25) is 0 Å². The first-order valence-electron chi connectivity index (χ1n) is 6.47. The molecule has 7 heteroatoms. The van der Waals surface area contributed by atoms with Crippen molar-refractivity contribution in [1.82, 2.24) is 14.4 Å². The molecule has 0 saturated heterocycles. The maximum Gasteiger partial charge on any atom is 0.260 e. The van der Waals surface area contributed by atoms with Gasteiger partial charge in [0, 0.05) is 17.8 Å². The molecule has 0 unspecified atom stereocenters. The van der Waals surface area contributed by atoms with E-state index in [0.717, 1.165) is 0 Å². The molecule has 0 fully saturated rings. The first-order chi connectivity index (χ1) is 10.6. The van der Waals surface area contributed by atoms with Crippen LogP contribution in [0.15, 0.2) is 41.6 Å². The van der Waals surface area contributed by atoms with Gasteiger partial charge < -0.3 is 14.6 Å². The number of fused-ring (bicyclic) bond motifs is 1. The molecular weight excluding hydrogens is 286 g/mol. The van der Waals surface area contributed by atoms with Crippen molar-refractivity contribution in [2.75, 3.05) is 7.11 Å². The van der Waals surface area contributed by atoms with Crippen molar-refractivity contribution in [2.45, 2.75) is 6.92 Å². The minimum atomic E-state index is -0.218. The van der Waals surface area contributed by atoms with Crippen LogP contribution in [0.4, 0.5) is 0 Å². The van der Waals surface area contributed by atoms with E-state index in [1.54, 1.807) is 25.3 Å². The lowest BCUT2D eigenvalue weighted by molar-refractivity contribution is 0.358. The lowest BCUT2D eigenvalue weighted by atomic mass is 10.3. The predicted molar refractivity (Wildman–Crippen MR) is 78.7 cm³/mol. The average molecular weight is 299 g/mol. The van der Waals surface area contributed by atoms with Gasteiger partial charge in [-0.05, 0) is 19.1 Å². The molecule has 0 radical (unpaired) electrons. The number of hydrogen-bond acceptors (Lipinski definition) is 6. The summed E-state index contributed by atoms with van der Waals surface area (Å²) >= 11 is 0. The van der Waals surface area contributed by atoms with Crippen LogP contribution < -0.4 is 15.0 Å². The topological polar surface area (TPSA) is 86.0 Å². The zero-order valence-electron chi connectivity index (χ0n) is 12.0. The summed E-state index contributed by atoms with van der Waals surface area (Å²) in [6, 6.07) is 4.88. The Kier molecular flexibility index (Phi) is 3.38. The van der Waals surface area contributed by atoms with Gasteiger partial charge in [0.25, 0.3) is 11.4 Å². The standard InChI is InChI=1S/C15H13N3O4/c1-9-6-16-13-4-3-10(8-18(13)15(9)20)22-11-5-12(21-2)14(19)17-7-11/h3-8H,1-2H3,(H,17,19). The minimum absolute atomic E-state index is 0.156. The fourth-order valence-corrected chi connectivity index (χ4v) is 1.97. The first-order valence-corrected chi connectivity index (χ1v) is 6.47. The van der Waals surface area contributed by atoms with Crippen LogP contribution in [0.2, 0.25) is 0 Å². The maximum atomic E-state index is 12.1. The molecule has 3 rings (SSSR count). The summed E-state index contributed by atoms with van der Waals surface area (Å²) in [7, 11) is 1.42. The lowest BCUT2D eigenvalue weighted by Gasteiger charge is -2.09. The number of aromatic hydroxyl groups is 1. The Morgan fingerprint density at radius 3 is 2.77 bits per heavy atom. The summed E-state index contributed by atoms with van der Waals surface area (Å²) in [4.78, 5) is 20.0. The quantitative estimate of drug-likeness (QED) is 0.795. The Morgan fingerprint density at radius 1 is 1.18 bits per heavy atom. The number of aryl methyl sites for hydroxylation is 1. The Morgan fingerprint density at radius 2 is 2.00 bits per heavy atom. The molecule has 0 aliphatic heterocycles. The van der Waals surface area contributed by atoms with Crippen molar-refractivity contribution in [3.63, 3.8) is 0 Å². The van der Waals surface area contributed by atoms with Crippen molar-refractivity contribution < 1.29 is 14.6 Å². The van der Waals surface area contributed by atoms with Gasteiger partial charge >= 0.3 is 0 Å². The Labute approximate surface area is 125 Å². The van der Waals surface area contributed by atoms with Crippen molar-refractivity contribution >= 4 is 5.65 Å². The molecular formula is C15H13N3O4. The van der Waals surface area contributed by atoms with E-state index in [2.05, 4.69) is 9.97 Å². The second-order valence-electron chi connectivity index (χ2n) is 4.64. The van der Waals surface area contributed by atoms with E-state index in [9.17, 15) is 9.90 Å². The summed E-state index contributed by atoms with van der Waals surface area (Å²) in [6.45, 7) is 1.70. The fraction of sp³-hybridized carbons (Fsp3) is 0.133. The van der Waals surface area contributed by atoms with Gasteiger partial charge in [-0.1, -0.05) is 0 Å². The zero-order valence-corrected chi connectivity index (χ0v) is 12.0. The van der Waals surface area contributed by atoms with E-state index in [4.69, 9.17) is 9.47 Å². The van der Waals surface area contributed by atoms with Gasteiger partial charge in [-0.25, -0.2) is 9.97 Å². The minimum Gasteiger partial charge on any atom is -0.491 e. The number of nitrogens with zero attached hydrogens (tertiary/aromatic N) is 3. The molecule has 3 aromatic rings. The lowest BCUT2D eigenvalue weighted by Crippen LogP contribution is -2.16. The predicted octanol–water partition coefficient (Wildman–Crippen LogP) is 1.90. The highest BCUT2D eigenvalue weighted by Gasteiger charge is 2.07.